The van der Waals surface area contributed by atoms with Gasteiger partial charge in [0.25, 0.3) is 0 Å². The molecule has 0 bridgehead atoms. The number of ketones is 1. The summed E-state index contributed by atoms with van der Waals surface area (Å²) in [5.74, 6) is 0.688. The number of nitro groups is 1. The fourth-order valence-corrected chi connectivity index (χ4v) is 2.67. The molecule has 1 saturated heterocycles. The maximum absolute atomic E-state index is 11.4. The maximum Gasteiger partial charge on any atom is 0.311 e. The normalized spacial score (nSPS) is 15.8. The summed E-state index contributed by atoms with van der Waals surface area (Å²) in [5.41, 5.74) is 0.894. The molecule has 0 unspecified atom stereocenters. The van der Waals surface area contributed by atoms with E-state index >= 15 is 0 Å². The fraction of sp³-hybridized carbons (Fsp3) is 0.533. The van der Waals surface area contributed by atoms with Crippen molar-refractivity contribution in [2.75, 3.05) is 24.6 Å². The molecule has 0 aromatic heterocycles. The van der Waals surface area contributed by atoms with Crippen LogP contribution in [-0.2, 0) is 4.79 Å². The Kier molecular flexibility index (Phi) is 4.77. The Morgan fingerprint density at radius 2 is 2.10 bits per heavy atom. The van der Waals surface area contributed by atoms with E-state index in [0.29, 0.717) is 12.4 Å². The van der Waals surface area contributed by atoms with E-state index in [1.165, 1.54) is 6.07 Å². The monoisotopic (exact) mass is 292 g/mol. The molecule has 0 spiro atoms. The van der Waals surface area contributed by atoms with Gasteiger partial charge in [0.1, 0.15) is 5.78 Å². The number of carbonyl (C=O) groups is 1. The van der Waals surface area contributed by atoms with Crippen LogP contribution in [-0.4, -0.2) is 30.4 Å². The van der Waals surface area contributed by atoms with Crippen LogP contribution < -0.4 is 9.64 Å². The molecule has 1 aromatic rings. The van der Waals surface area contributed by atoms with Crippen LogP contribution in [0.25, 0.3) is 0 Å². The van der Waals surface area contributed by atoms with Gasteiger partial charge < -0.3 is 9.64 Å². The Labute approximate surface area is 123 Å². The molecule has 114 valence electrons. The topological polar surface area (TPSA) is 72.7 Å². The quantitative estimate of drug-likeness (QED) is 0.616. The van der Waals surface area contributed by atoms with Crippen molar-refractivity contribution in [3.8, 4) is 5.75 Å². The number of piperidine rings is 1. The van der Waals surface area contributed by atoms with Crippen molar-refractivity contribution in [2.45, 2.75) is 26.7 Å². The molecule has 0 atom stereocenters. The van der Waals surface area contributed by atoms with E-state index in [-0.39, 0.29) is 17.4 Å². The number of rotatable bonds is 5. The lowest BCUT2D eigenvalue weighted by Crippen LogP contribution is -2.35. The molecule has 6 nitrogen and oxygen atoms in total. The highest BCUT2D eigenvalue weighted by atomic mass is 16.6. The lowest BCUT2D eigenvalue weighted by atomic mass is 9.93. The summed E-state index contributed by atoms with van der Waals surface area (Å²) in [7, 11) is 0. The molecule has 1 fully saturated rings. The summed E-state index contributed by atoms with van der Waals surface area (Å²) in [6.07, 6.45) is 1.66. The van der Waals surface area contributed by atoms with Crippen molar-refractivity contribution in [2.24, 2.45) is 5.92 Å². The van der Waals surface area contributed by atoms with Crippen molar-refractivity contribution >= 4 is 17.2 Å². The first kappa shape index (κ1) is 15.3. The number of anilines is 1. The molecule has 21 heavy (non-hydrogen) atoms. The van der Waals surface area contributed by atoms with Gasteiger partial charge in [0.05, 0.1) is 11.5 Å². The van der Waals surface area contributed by atoms with Crippen LogP contribution >= 0.6 is 0 Å². The first-order valence-electron chi connectivity index (χ1n) is 7.19. The Morgan fingerprint density at radius 3 is 2.62 bits per heavy atom. The van der Waals surface area contributed by atoms with Gasteiger partial charge in [-0.25, -0.2) is 0 Å². The summed E-state index contributed by atoms with van der Waals surface area (Å²) in [6.45, 7) is 5.39. The zero-order valence-electron chi connectivity index (χ0n) is 12.4. The number of benzene rings is 1. The number of hydrogen-bond acceptors (Lipinski definition) is 5. The molecular weight excluding hydrogens is 272 g/mol. The van der Waals surface area contributed by atoms with Crippen LogP contribution in [0.15, 0.2) is 18.2 Å². The second kappa shape index (κ2) is 6.56. The van der Waals surface area contributed by atoms with Crippen LogP contribution in [0.4, 0.5) is 11.4 Å². The first-order chi connectivity index (χ1) is 10.0. The second-order valence-corrected chi connectivity index (χ2v) is 5.21. The fourth-order valence-electron chi connectivity index (χ4n) is 2.67. The SMILES string of the molecule is CCOc1cc(N2CCC(C(C)=O)CC2)ccc1[N+](=O)[O-]. The highest BCUT2D eigenvalue weighted by molar-refractivity contribution is 5.78. The number of Topliss-reactive ketones (excluding diaryl/α,β-unsaturated/α-hetero) is 1. The Hall–Kier alpha value is -2.11. The minimum atomic E-state index is -0.434. The van der Waals surface area contributed by atoms with E-state index in [1.54, 1.807) is 26.0 Å². The lowest BCUT2D eigenvalue weighted by Gasteiger charge is -2.32. The summed E-state index contributed by atoms with van der Waals surface area (Å²) < 4.78 is 5.37. The lowest BCUT2D eigenvalue weighted by molar-refractivity contribution is -0.385. The average molecular weight is 292 g/mol. The second-order valence-electron chi connectivity index (χ2n) is 5.21. The molecule has 1 heterocycles. The summed E-state index contributed by atoms with van der Waals surface area (Å²) >= 11 is 0. The molecule has 6 heteroatoms. The van der Waals surface area contributed by atoms with Gasteiger partial charge in [-0.15, -0.1) is 0 Å². The molecule has 1 aliphatic heterocycles. The summed E-state index contributed by atoms with van der Waals surface area (Å²) in [5, 5.41) is 11.0. The molecule has 0 N–H and O–H groups in total. The molecule has 2 rings (SSSR count). The first-order valence-corrected chi connectivity index (χ1v) is 7.19. The van der Waals surface area contributed by atoms with Gasteiger partial charge in [0.2, 0.25) is 0 Å². The Bertz CT molecular complexity index is 536. The van der Waals surface area contributed by atoms with E-state index in [4.69, 9.17) is 4.74 Å². The van der Waals surface area contributed by atoms with E-state index in [0.717, 1.165) is 31.6 Å². The van der Waals surface area contributed by atoms with Crippen molar-refractivity contribution < 1.29 is 14.5 Å². The van der Waals surface area contributed by atoms with Crippen LogP contribution in [0.1, 0.15) is 26.7 Å². The number of ether oxygens (including phenoxy) is 1. The highest BCUT2D eigenvalue weighted by Crippen LogP contribution is 2.33. The smallest absolute Gasteiger partial charge is 0.311 e. The molecule has 1 aromatic carbocycles. The van der Waals surface area contributed by atoms with E-state index in [1.807, 2.05) is 0 Å². The van der Waals surface area contributed by atoms with E-state index in [2.05, 4.69) is 4.90 Å². The molecule has 0 amide bonds. The molecule has 1 aliphatic rings. The van der Waals surface area contributed by atoms with Gasteiger partial charge in [-0.2, -0.15) is 0 Å². The third-order valence-corrected chi connectivity index (χ3v) is 3.87. The van der Waals surface area contributed by atoms with Gasteiger partial charge in [-0.3, -0.25) is 14.9 Å². The van der Waals surface area contributed by atoms with Crippen molar-refractivity contribution in [1.82, 2.24) is 0 Å². The Morgan fingerprint density at radius 1 is 1.43 bits per heavy atom. The largest absolute Gasteiger partial charge is 0.487 e. The Balaban J connectivity index is 2.16. The van der Waals surface area contributed by atoms with Crippen molar-refractivity contribution in [3.63, 3.8) is 0 Å². The minimum Gasteiger partial charge on any atom is -0.487 e. The van der Waals surface area contributed by atoms with Crippen molar-refractivity contribution in [3.05, 3.63) is 28.3 Å². The number of nitro benzene ring substituents is 1. The standard InChI is InChI=1S/C15H20N2O4/c1-3-21-15-10-13(4-5-14(15)17(19)20)16-8-6-12(7-9-16)11(2)18/h4-5,10,12H,3,6-9H2,1-2H3. The van der Waals surface area contributed by atoms with E-state index < -0.39 is 4.92 Å². The minimum absolute atomic E-state index is 0.0146. The van der Waals surface area contributed by atoms with Gasteiger partial charge in [0, 0.05) is 36.8 Å². The van der Waals surface area contributed by atoms with Gasteiger partial charge in [-0.1, -0.05) is 0 Å². The van der Waals surface area contributed by atoms with Crippen molar-refractivity contribution in [1.29, 1.82) is 0 Å². The third kappa shape index (κ3) is 3.51. The van der Waals surface area contributed by atoms with Crippen LogP contribution in [0, 0.1) is 16.0 Å². The molecule has 0 aliphatic carbocycles. The van der Waals surface area contributed by atoms with Gasteiger partial charge in [-0.05, 0) is 32.8 Å². The maximum atomic E-state index is 11.4. The number of nitrogens with zero attached hydrogens (tertiary/aromatic N) is 2. The predicted molar refractivity (Wildman–Crippen MR) is 79.9 cm³/mol. The van der Waals surface area contributed by atoms with Gasteiger partial charge in [0.15, 0.2) is 5.75 Å². The number of hydrogen-bond donors (Lipinski definition) is 0. The molecular formula is C15H20N2O4. The van der Waals surface area contributed by atoms with Crippen LogP contribution in [0.2, 0.25) is 0 Å². The van der Waals surface area contributed by atoms with E-state index in [9.17, 15) is 14.9 Å². The summed E-state index contributed by atoms with van der Waals surface area (Å²) in [6, 6.07) is 4.95. The average Bonchev–Trinajstić information content (AvgIpc) is 2.47. The molecule has 0 saturated carbocycles. The zero-order valence-corrected chi connectivity index (χ0v) is 12.4. The predicted octanol–water partition coefficient (Wildman–Crippen LogP) is 2.80. The van der Waals surface area contributed by atoms with Crippen LogP contribution in [0.5, 0.6) is 5.75 Å². The summed E-state index contributed by atoms with van der Waals surface area (Å²) in [4.78, 5) is 24.1. The number of carbonyl (C=O) groups excluding carboxylic acids is 1. The zero-order chi connectivity index (χ0) is 15.4. The van der Waals surface area contributed by atoms with Gasteiger partial charge >= 0.3 is 5.69 Å². The molecule has 0 radical (unpaired) electrons. The highest BCUT2D eigenvalue weighted by Gasteiger charge is 2.24. The van der Waals surface area contributed by atoms with Crippen LogP contribution in [0.3, 0.4) is 0 Å². The third-order valence-electron chi connectivity index (χ3n) is 3.87.